The number of hydrogen-bond acceptors (Lipinski definition) is 2. The van der Waals surface area contributed by atoms with Crippen LogP contribution in [-0.4, -0.2) is 10.9 Å². The molecule has 0 aliphatic rings. The summed E-state index contributed by atoms with van der Waals surface area (Å²) in [6.07, 6.45) is 0. The molecule has 0 N–H and O–H groups in total. The fourth-order valence-electron chi connectivity index (χ4n) is 0.415. The Morgan fingerprint density at radius 1 is 1.30 bits per heavy atom. The monoisotopic (exact) mass is 160 g/mol. The average Bonchev–Trinajstić information content (AvgIpc) is 1.82. The number of carbonyl (C=O) groups excluding carboxylic acids is 1. The van der Waals surface area contributed by atoms with Gasteiger partial charge in [0.25, 0.3) is 0 Å². The molecule has 60 valence electrons. The topological polar surface area (TPSA) is 17.1 Å². The van der Waals surface area contributed by atoms with Gasteiger partial charge >= 0.3 is 0 Å². The smallest absolute Gasteiger partial charge is 0.191 e. The Labute approximate surface area is 67.6 Å². The Kier molecular flexibility index (Phi) is 4.79. The van der Waals surface area contributed by atoms with Gasteiger partial charge in [-0.25, -0.2) is 0 Å². The van der Waals surface area contributed by atoms with Crippen LogP contribution >= 0.6 is 11.8 Å². The van der Waals surface area contributed by atoms with Gasteiger partial charge in [0, 0.05) is 11.7 Å². The Hall–Kier alpha value is 0.0200. The van der Waals surface area contributed by atoms with E-state index in [0.29, 0.717) is 11.0 Å². The van der Waals surface area contributed by atoms with Crippen LogP contribution in [0.1, 0.15) is 27.7 Å². The van der Waals surface area contributed by atoms with E-state index in [4.69, 9.17) is 0 Å². The minimum Gasteiger partial charge on any atom is -0.287 e. The minimum absolute atomic E-state index is 0.184. The van der Waals surface area contributed by atoms with E-state index in [9.17, 15) is 4.79 Å². The van der Waals surface area contributed by atoms with Gasteiger partial charge in [0.2, 0.25) is 0 Å². The molecular formula is C8H16OS. The van der Waals surface area contributed by atoms with E-state index in [1.54, 1.807) is 0 Å². The van der Waals surface area contributed by atoms with E-state index in [2.05, 4.69) is 13.8 Å². The van der Waals surface area contributed by atoms with Gasteiger partial charge < -0.3 is 0 Å². The van der Waals surface area contributed by atoms with Gasteiger partial charge in [-0.3, -0.25) is 4.79 Å². The van der Waals surface area contributed by atoms with Gasteiger partial charge in [-0.1, -0.05) is 39.5 Å². The van der Waals surface area contributed by atoms with Crippen molar-refractivity contribution < 1.29 is 4.79 Å². The molecule has 0 spiro atoms. The summed E-state index contributed by atoms with van der Waals surface area (Å²) < 4.78 is 0. The van der Waals surface area contributed by atoms with Crippen LogP contribution < -0.4 is 0 Å². The molecule has 0 atom stereocenters. The highest BCUT2D eigenvalue weighted by Crippen LogP contribution is 2.13. The third-order valence-corrected chi connectivity index (χ3v) is 2.62. The van der Waals surface area contributed by atoms with Crippen LogP contribution in [-0.2, 0) is 4.79 Å². The Morgan fingerprint density at radius 3 is 2.10 bits per heavy atom. The molecule has 0 radical (unpaired) electrons. The van der Waals surface area contributed by atoms with Crippen LogP contribution in [0.2, 0.25) is 0 Å². The maximum absolute atomic E-state index is 11.0. The van der Waals surface area contributed by atoms with Crippen molar-refractivity contribution in [1.29, 1.82) is 0 Å². The molecule has 0 rings (SSSR count). The van der Waals surface area contributed by atoms with Crippen LogP contribution in [0, 0.1) is 11.8 Å². The molecule has 0 saturated carbocycles. The van der Waals surface area contributed by atoms with E-state index >= 15 is 0 Å². The van der Waals surface area contributed by atoms with Gasteiger partial charge in [0.15, 0.2) is 5.12 Å². The predicted molar refractivity (Wildman–Crippen MR) is 47.1 cm³/mol. The number of thioether (sulfide) groups is 1. The first kappa shape index (κ1) is 10.0. The van der Waals surface area contributed by atoms with E-state index in [1.807, 2.05) is 13.8 Å². The van der Waals surface area contributed by atoms with Crippen molar-refractivity contribution in [2.75, 3.05) is 5.75 Å². The van der Waals surface area contributed by atoms with Gasteiger partial charge in [0.1, 0.15) is 0 Å². The summed E-state index contributed by atoms with van der Waals surface area (Å²) in [7, 11) is 0. The molecule has 10 heavy (non-hydrogen) atoms. The summed E-state index contributed by atoms with van der Waals surface area (Å²) in [4.78, 5) is 11.0. The molecule has 2 heteroatoms. The zero-order valence-corrected chi connectivity index (χ0v) is 7.99. The third kappa shape index (κ3) is 4.86. The third-order valence-electron chi connectivity index (χ3n) is 1.03. The van der Waals surface area contributed by atoms with Gasteiger partial charge in [-0.05, 0) is 5.92 Å². The van der Waals surface area contributed by atoms with Crippen LogP contribution in [0.25, 0.3) is 0 Å². The van der Waals surface area contributed by atoms with Gasteiger partial charge in [-0.2, -0.15) is 0 Å². The largest absolute Gasteiger partial charge is 0.287 e. The van der Waals surface area contributed by atoms with E-state index in [0.717, 1.165) is 5.75 Å². The lowest BCUT2D eigenvalue weighted by molar-refractivity contribution is -0.113. The summed E-state index contributed by atoms with van der Waals surface area (Å²) in [5.41, 5.74) is 0. The molecule has 0 aliphatic carbocycles. The fraction of sp³-hybridized carbons (Fsp3) is 0.875. The standard InChI is InChI=1S/C8H16OS/c1-6(2)5-10-8(9)7(3)4/h6-7H,5H2,1-4H3. The summed E-state index contributed by atoms with van der Waals surface area (Å²) in [6, 6.07) is 0. The minimum atomic E-state index is 0.184. The van der Waals surface area contributed by atoms with E-state index < -0.39 is 0 Å². The lowest BCUT2D eigenvalue weighted by Gasteiger charge is -2.04. The van der Waals surface area contributed by atoms with Crippen molar-refractivity contribution in [2.45, 2.75) is 27.7 Å². The first-order valence-corrected chi connectivity index (χ1v) is 4.69. The lowest BCUT2D eigenvalue weighted by atomic mass is 10.3. The molecule has 0 heterocycles. The molecule has 0 saturated heterocycles. The first-order chi connectivity index (χ1) is 4.54. The van der Waals surface area contributed by atoms with Crippen LogP contribution in [0.3, 0.4) is 0 Å². The fourth-order valence-corrected chi connectivity index (χ4v) is 1.25. The SMILES string of the molecule is CC(C)CSC(=O)C(C)C. The van der Waals surface area contributed by atoms with Crippen molar-refractivity contribution in [2.24, 2.45) is 11.8 Å². The molecule has 0 unspecified atom stereocenters. The second-order valence-electron chi connectivity index (χ2n) is 3.18. The number of carbonyl (C=O) groups is 1. The summed E-state index contributed by atoms with van der Waals surface area (Å²) >= 11 is 1.45. The Bertz CT molecular complexity index is 108. The molecule has 0 aromatic rings. The quantitative estimate of drug-likeness (QED) is 0.631. The Balaban J connectivity index is 3.40. The molecule has 0 fully saturated rings. The maximum Gasteiger partial charge on any atom is 0.191 e. The molecule has 0 aromatic carbocycles. The van der Waals surface area contributed by atoms with Gasteiger partial charge in [-0.15, -0.1) is 0 Å². The molecule has 0 bridgehead atoms. The Morgan fingerprint density at radius 2 is 1.80 bits per heavy atom. The lowest BCUT2D eigenvalue weighted by Crippen LogP contribution is -2.04. The normalized spacial score (nSPS) is 11.0. The van der Waals surface area contributed by atoms with Crippen molar-refractivity contribution >= 4 is 16.9 Å². The maximum atomic E-state index is 11.0. The van der Waals surface area contributed by atoms with Crippen molar-refractivity contribution in [3.63, 3.8) is 0 Å². The molecular weight excluding hydrogens is 144 g/mol. The van der Waals surface area contributed by atoms with Crippen molar-refractivity contribution in [3.8, 4) is 0 Å². The predicted octanol–water partition coefficient (Wildman–Crippen LogP) is 2.56. The molecule has 0 aliphatic heterocycles. The number of rotatable bonds is 3. The zero-order valence-electron chi connectivity index (χ0n) is 7.18. The summed E-state index contributed by atoms with van der Waals surface area (Å²) in [5, 5.41) is 0.314. The first-order valence-electron chi connectivity index (χ1n) is 3.70. The molecule has 1 nitrogen and oxygen atoms in total. The van der Waals surface area contributed by atoms with Crippen molar-refractivity contribution in [3.05, 3.63) is 0 Å². The highest BCUT2D eigenvalue weighted by atomic mass is 32.2. The molecule has 0 amide bonds. The van der Waals surface area contributed by atoms with E-state index in [-0.39, 0.29) is 5.92 Å². The molecule has 0 aromatic heterocycles. The average molecular weight is 160 g/mol. The second-order valence-corrected chi connectivity index (χ2v) is 4.20. The summed E-state index contributed by atoms with van der Waals surface area (Å²) in [6.45, 7) is 8.13. The second kappa shape index (κ2) is 4.78. The van der Waals surface area contributed by atoms with Crippen LogP contribution in [0.4, 0.5) is 0 Å². The highest BCUT2D eigenvalue weighted by Gasteiger charge is 2.07. The van der Waals surface area contributed by atoms with E-state index in [1.165, 1.54) is 11.8 Å². The summed E-state index contributed by atoms with van der Waals surface area (Å²) in [5.74, 6) is 1.76. The zero-order chi connectivity index (χ0) is 8.15. The van der Waals surface area contributed by atoms with Crippen LogP contribution in [0.15, 0.2) is 0 Å². The van der Waals surface area contributed by atoms with Gasteiger partial charge in [0.05, 0.1) is 0 Å². The number of hydrogen-bond donors (Lipinski definition) is 0. The van der Waals surface area contributed by atoms with Crippen molar-refractivity contribution in [1.82, 2.24) is 0 Å². The highest BCUT2D eigenvalue weighted by molar-refractivity contribution is 8.13. The van der Waals surface area contributed by atoms with Crippen LogP contribution in [0.5, 0.6) is 0 Å².